The molecule has 1 heterocycles. The minimum Gasteiger partial charge on any atom is -0.455 e. The molecule has 150 valence electrons. The van der Waals surface area contributed by atoms with Gasteiger partial charge in [0.05, 0.1) is 10.5 Å². The standard InChI is InChI=1S/C21H19NO7/c1-13(23)27-17-9-5-15(6-10-17)21-18(11-12-20(21,2)29-21)28-19(24)14-3-7-16(8-4-14)22(25)26/h3-10,18H,11-12H2,1-2H3/t18-,20-,21+/m1/s1. The summed E-state index contributed by atoms with van der Waals surface area (Å²) in [5, 5.41) is 10.8. The number of carbonyl (C=O) groups is 2. The Morgan fingerprint density at radius 1 is 1.14 bits per heavy atom. The predicted octanol–water partition coefficient (Wildman–Crippen LogP) is 3.52. The highest BCUT2D eigenvalue weighted by atomic mass is 16.7. The number of fused-ring (bicyclic) bond motifs is 1. The monoisotopic (exact) mass is 397 g/mol. The van der Waals surface area contributed by atoms with Crippen LogP contribution in [0.25, 0.3) is 0 Å². The van der Waals surface area contributed by atoms with Gasteiger partial charge in [-0.3, -0.25) is 14.9 Å². The molecule has 0 unspecified atom stereocenters. The van der Waals surface area contributed by atoms with Crippen molar-refractivity contribution in [2.45, 2.75) is 44.0 Å². The molecule has 3 atom stereocenters. The zero-order valence-corrected chi connectivity index (χ0v) is 15.9. The van der Waals surface area contributed by atoms with Gasteiger partial charge in [-0.1, -0.05) is 12.1 Å². The maximum atomic E-state index is 12.6. The molecule has 2 aromatic carbocycles. The van der Waals surface area contributed by atoms with Gasteiger partial charge in [0.1, 0.15) is 17.5 Å². The molecule has 4 rings (SSSR count). The highest BCUT2D eigenvalue weighted by Gasteiger charge is 2.76. The number of hydrogen-bond acceptors (Lipinski definition) is 7. The average molecular weight is 397 g/mol. The fraction of sp³-hybridized carbons (Fsp3) is 0.333. The van der Waals surface area contributed by atoms with Crippen LogP contribution in [0.15, 0.2) is 48.5 Å². The van der Waals surface area contributed by atoms with E-state index in [-0.39, 0.29) is 11.3 Å². The van der Waals surface area contributed by atoms with Crippen LogP contribution < -0.4 is 4.74 Å². The van der Waals surface area contributed by atoms with Gasteiger partial charge in [0.15, 0.2) is 5.60 Å². The van der Waals surface area contributed by atoms with Crippen LogP contribution in [0, 0.1) is 10.1 Å². The maximum Gasteiger partial charge on any atom is 0.338 e. The Kier molecular flexibility index (Phi) is 4.38. The van der Waals surface area contributed by atoms with Crippen molar-refractivity contribution in [2.75, 3.05) is 0 Å². The second kappa shape index (κ2) is 6.66. The van der Waals surface area contributed by atoms with Crippen LogP contribution >= 0.6 is 0 Å². The summed E-state index contributed by atoms with van der Waals surface area (Å²) in [6.45, 7) is 3.31. The van der Waals surface area contributed by atoms with E-state index in [1.165, 1.54) is 31.2 Å². The van der Waals surface area contributed by atoms with E-state index in [1.807, 2.05) is 19.1 Å². The molecule has 0 N–H and O–H groups in total. The second-order valence-corrected chi connectivity index (χ2v) is 7.42. The van der Waals surface area contributed by atoms with Crippen LogP contribution in [0.5, 0.6) is 5.75 Å². The molecule has 1 saturated heterocycles. The molecule has 2 aliphatic rings. The molecule has 0 bridgehead atoms. The second-order valence-electron chi connectivity index (χ2n) is 7.42. The summed E-state index contributed by atoms with van der Waals surface area (Å²) in [6, 6.07) is 12.3. The lowest BCUT2D eigenvalue weighted by Crippen LogP contribution is -2.31. The van der Waals surface area contributed by atoms with E-state index in [9.17, 15) is 19.7 Å². The van der Waals surface area contributed by atoms with Gasteiger partial charge in [-0.05, 0) is 49.6 Å². The Morgan fingerprint density at radius 3 is 2.34 bits per heavy atom. The fourth-order valence-electron chi connectivity index (χ4n) is 4.13. The Morgan fingerprint density at radius 2 is 1.79 bits per heavy atom. The van der Waals surface area contributed by atoms with Crippen molar-refractivity contribution in [2.24, 2.45) is 0 Å². The molecule has 29 heavy (non-hydrogen) atoms. The summed E-state index contributed by atoms with van der Waals surface area (Å²) in [5.41, 5.74) is -0.195. The lowest BCUT2D eigenvalue weighted by Gasteiger charge is -2.22. The normalized spacial score (nSPS) is 27.0. The van der Waals surface area contributed by atoms with Crippen molar-refractivity contribution in [1.29, 1.82) is 0 Å². The van der Waals surface area contributed by atoms with Gasteiger partial charge in [-0.2, -0.15) is 0 Å². The number of benzene rings is 2. The van der Waals surface area contributed by atoms with E-state index in [4.69, 9.17) is 14.2 Å². The number of nitrogens with zero attached hydrogens (tertiary/aromatic N) is 1. The summed E-state index contributed by atoms with van der Waals surface area (Å²) in [5.74, 6) is -0.530. The number of epoxide rings is 1. The molecule has 2 fully saturated rings. The number of nitro benzene ring substituents is 1. The maximum absolute atomic E-state index is 12.6. The predicted molar refractivity (Wildman–Crippen MR) is 100 cm³/mol. The highest BCUT2D eigenvalue weighted by Crippen LogP contribution is 2.66. The Labute approximate surface area is 166 Å². The Balaban J connectivity index is 1.54. The van der Waals surface area contributed by atoms with Crippen LogP contribution in [0.3, 0.4) is 0 Å². The van der Waals surface area contributed by atoms with E-state index in [0.717, 1.165) is 12.0 Å². The first-order valence-corrected chi connectivity index (χ1v) is 9.20. The molecule has 0 spiro atoms. The molecule has 1 aliphatic carbocycles. The molecule has 0 aromatic heterocycles. The van der Waals surface area contributed by atoms with Crippen LogP contribution in [0.1, 0.15) is 42.6 Å². The number of ether oxygens (including phenoxy) is 3. The first-order valence-electron chi connectivity index (χ1n) is 9.20. The number of hydrogen-bond donors (Lipinski definition) is 0. The van der Waals surface area contributed by atoms with E-state index in [1.54, 1.807) is 12.1 Å². The lowest BCUT2D eigenvalue weighted by molar-refractivity contribution is -0.384. The number of esters is 2. The first kappa shape index (κ1) is 19.1. The summed E-state index contributed by atoms with van der Waals surface area (Å²) >= 11 is 0. The average Bonchev–Trinajstić information content (AvgIpc) is 3.22. The third kappa shape index (κ3) is 3.15. The van der Waals surface area contributed by atoms with Gasteiger partial charge in [0.25, 0.3) is 5.69 Å². The van der Waals surface area contributed by atoms with E-state index in [2.05, 4.69) is 0 Å². The third-order valence-electron chi connectivity index (χ3n) is 5.58. The van der Waals surface area contributed by atoms with Crippen molar-refractivity contribution in [1.82, 2.24) is 0 Å². The van der Waals surface area contributed by atoms with E-state index in [0.29, 0.717) is 12.2 Å². The smallest absolute Gasteiger partial charge is 0.338 e. The summed E-state index contributed by atoms with van der Waals surface area (Å²) in [7, 11) is 0. The molecule has 2 aromatic rings. The quantitative estimate of drug-likeness (QED) is 0.250. The van der Waals surface area contributed by atoms with Gasteiger partial charge in [-0.25, -0.2) is 4.79 Å². The van der Waals surface area contributed by atoms with Crippen molar-refractivity contribution in [3.8, 4) is 5.75 Å². The summed E-state index contributed by atoms with van der Waals surface area (Å²) < 4.78 is 16.9. The number of non-ortho nitro benzene ring substituents is 1. The van der Waals surface area contributed by atoms with Gasteiger partial charge < -0.3 is 14.2 Å². The lowest BCUT2D eigenvalue weighted by atomic mass is 9.88. The van der Waals surface area contributed by atoms with Crippen molar-refractivity contribution in [3.63, 3.8) is 0 Å². The number of rotatable bonds is 5. The molecule has 1 aliphatic heterocycles. The topological polar surface area (TPSA) is 108 Å². The largest absolute Gasteiger partial charge is 0.455 e. The SMILES string of the molecule is CC(=O)Oc1ccc([C@@]23O[C@]2(C)CC[C@H]3OC(=O)c2ccc([N+](=O)[O-])cc2)cc1. The summed E-state index contributed by atoms with van der Waals surface area (Å²) in [4.78, 5) is 33.9. The minimum absolute atomic E-state index is 0.0927. The molecule has 1 saturated carbocycles. The zero-order chi connectivity index (χ0) is 20.8. The van der Waals surface area contributed by atoms with Crippen molar-refractivity contribution < 1.29 is 28.7 Å². The highest BCUT2D eigenvalue weighted by molar-refractivity contribution is 5.90. The molecular formula is C21H19NO7. The van der Waals surface area contributed by atoms with Crippen LogP contribution in [0.2, 0.25) is 0 Å². The van der Waals surface area contributed by atoms with Gasteiger partial charge in [0, 0.05) is 19.1 Å². The summed E-state index contributed by atoms with van der Waals surface area (Å²) in [6.07, 6.45) is 0.882. The van der Waals surface area contributed by atoms with Crippen LogP contribution in [-0.4, -0.2) is 28.6 Å². The third-order valence-corrected chi connectivity index (χ3v) is 5.58. The van der Waals surface area contributed by atoms with Crippen molar-refractivity contribution in [3.05, 3.63) is 69.8 Å². The zero-order valence-electron chi connectivity index (χ0n) is 15.9. The minimum atomic E-state index is -0.752. The fourth-order valence-corrected chi connectivity index (χ4v) is 4.13. The molecule has 8 heteroatoms. The molecule has 0 amide bonds. The van der Waals surface area contributed by atoms with Crippen molar-refractivity contribution >= 4 is 17.6 Å². The van der Waals surface area contributed by atoms with E-state index >= 15 is 0 Å². The van der Waals surface area contributed by atoms with Gasteiger partial charge in [-0.15, -0.1) is 0 Å². The Hall–Kier alpha value is -3.26. The van der Waals surface area contributed by atoms with E-state index < -0.39 is 34.2 Å². The van der Waals surface area contributed by atoms with Crippen LogP contribution in [-0.2, 0) is 19.9 Å². The van der Waals surface area contributed by atoms with Crippen LogP contribution in [0.4, 0.5) is 5.69 Å². The molecular weight excluding hydrogens is 378 g/mol. The van der Waals surface area contributed by atoms with Gasteiger partial charge >= 0.3 is 11.9 Å². The van der Waals surface area contributed by atoms with Gasteiger partial charge in [0.2, 0.25) is 0 Å². The molecule has 0 radical (unpaired) electrons. The number of carbonyl (C=O) groups excluding carboxylic acids is 2. The Bertz CT molecular complexity index is 985. The first-order chi connectivity index (χ1) is 13.7. The molecule has 8 nitrogen and oxygen atoms in total. The number of nitro groups is 1.